The molecule has 0 saturated heterocycles. The standard InChI is InChI=1S/C17H18O3/c1-19-16-9-7-15(8-10-16)13-17(18)20-12-11-14-5-3-2-4-6-14/h2-10H,11-13H2,1H3. The first-order valence-corrected chi connectivity index (χ1v) is 6.60. The third kappa shape index (κ3) is 4.43. The quantitative estimate of drug-likeness (QED) is 0.757. The molecule has 0 radical (unpaired) electrons. The monoisotopic (exact) mass is 270 g/mol. The van der Waals surface area contributed by atoms with Crippen LogP contribution in [-0.2, 0) is 22.4 Å². The maximum atomic E-state index is 11.7. The second-order valence-corrected chi connectivity index (χ2v) is 4.48. The first kappa shape index (κ1) is 14.1. The Balaban J connectivity index is 1.74. The van der Waals surface area contributed by atoms with E-state index in [1.165, 1.54) is 5.56 Å². The van der Waals surface area contributed by atoms with Crippen LogP contribution in [0.3, 0.4) is 0 Å². The molecule has 0 aliphatic carbocycles. The molecule has 0 spiro atoms. The van der Waals surface area contributed by atoms with Gasteiger partial charge in [-0.3, -0.25) is 4.79 Å². The Morgan fingerprint density at radius 1 is 0.950 bits per heavy atom. The van der Waals surface area contributed by atoms with E-state index in [-0.39, 0.29) is 5.97 Å². The van der Waals surface area contributed by atoms with E-state index in [0.29, 0.717) is 13.0 Å². The Morgan fingerprint density at radius 2 is 1.65 bits per heavy atom. The van der Waals surface area contributed by atoms with Crippen molar-refractivity contribution in [3.63, 3.8) is 0 Å². The molecule has 2 rings (SSSR count). The normalized spacial score (nSPS) is 10.1. The van der Waals surface area contributed by atoms with Crippen molar-refractivity contribution < 1.29 is 14.3 Å². The van der Waals surface area contributed by atoms with Gasteiger partial charge in [0.15, 0.2) is 0 Å². The van der Waals surface area contributed by atoms with Crippen LogP contribution in [0.4, 0.5) is 0 Å². The highest BCUT2D eigenvalue weighted by atomic mass is 16.5. The molecule has 2 aromatic carbocycles. The predicted octanol–water partition coefficient (Wildman–Crippen LogP) is 3.02. The molecule has 0 aromatic heterocycles. The number of hydrogen-bond donors (Lipinski definition) is 0. The Bertz CT molecular complexity index is 532. The van der Waals surface area contributed by atoms with Crippen molar-refractivity contribution in [2.24, 2.45) is 0 Å². The molecule has 0 aliphatic heterocycles. The van der Waals surface area contributed by atoms with Crippen molar-refractivity contribution >= 4 is 5.97 Å². The molecule has 0 N–H and O–H groups in total. The Hall–Kier alpha value is -2.29. The van der Waals surface area contributed by atoms with Crippen LogP contribution in [0.2, 0.25) is 0 Å². The second-order valence-electron chi connectivity index (χ2n) is 4.48. The van der Waals surface area contributed by atoms with Crippen LogP contribution in [0.1, 0.15) is 11.1 Å². The molecule has 2 aromatic rings. The highest BCUT2D eigenvalue weighted by Gasteiger charge is 2.05. The number of hydrogen-bond acceptors (Lipinski definition) is 3. The minimum atomic E-state index is -0.203. The van der Waals surface area contributed by atoms with Crippen LogP contribution in [0, 0.1) is 0 Å². The lowest BCUT2D eigenvalue weighted by molar-refractivity contribution is -0.142. The molecule has 3 nitrogen and oxygen atoms in total. The zero-order valence-corrected chi connectivity index (χ0v) is 11.5. The summed E-state index contributed by atoms with van der Waals surface area (Å²) >= 11 is 0. The van der Waals surface area contributed by atoms with Crippen molar-refractivity contribution in [2.45, 2.75) is 12.8 Å². The van der Waals surface area contributed by atoms with E-state index < -0.39 is 0 Å². The highest BCUT2D eigenvalue weighted by Crippen LogP contribution is 2.12. The lowest BCUT2D eigenvalue weighted by Crippen LogP contribution is -2.10. The number of carbonyl (C=O) groups is 1. The number of ether oxygens (including phenoxy) is 2. The van der Waals surface area contributed by atoms with Gasteiger partial charge in [0.25, 0.3) is 0 Å². The second kappa shape index (κ2) is 7.34. The lowest BCUT2D eigenvalue weighted by Gasteiger charge is -2.06. The molecule has 0 fully saturated rings. The average molecular weight is 270 g/mol. The van der Waals surface area contributed by atoms with Crippen molar-refractivity contribution in [2.75, 3.05) is 13.7 Å². The SMILES string of the molecule is COc1ccc(CC(=O)OCCc2ccccc2)cc1. The fraction of sp³-hybridized carbons (Fsp3) is 0.235. The zero-order chi connectivity index (χ0) is 14.2. The van der Waals surface area contributed by atoms with Gasteiger partial charge in [-0.25, -0.2) is 0 Å². The van der Waals surface area contributed by atoms with Gasteiger partial charge < -0.3 is 9.47 Å². The molecule has 0 bridgehead atoms. The van der Waals surface area contributed by atoms with Gasteiger partial charge in [-0.15, -0.1) is 0 Å². The number of benzene rings is 2. The summed E-state index contributed by atoms with van der Waals surface area (Å²) in [5.74, 6) is 0.581. The fourth-order valence-electron chi connectivity index (χ4n) is 1.89. The van der Waals surface area contributed by atoms with E-state index in [4.69, 9.17) is 9.47 Å². The van der Waals surface area contributed by atoms with Gasteiger partial charge in [-0.2, -0.15) is 0 Å². The van der Waals surface area contributed by atoms with Crippen molar-refractivity contribution in [1.82, 2.24) is 0 Å². The van der Waals surface area contributed by atoms with Gasteiger partial charge in [0, 0.05) is 6.42 Å². The topological polar surface area (TPSA) is 35.5 Å². The largest absolute Gasteiger partial charge is 0.497 e. The summed E-state index contributed by atoms with van der Waals surface area (Å²) in [7, 11) is 1.62. The van der Waals surface area contributed by atoms with Crippen molar-refractivity contribution in [1.29, 1.82) is 0 Å². The molecule has 3 heteroatoms. The van der Waals surface area contributed by atoms with Gasteiger partial charge in [0.05, 0.1) is 20.1 Å². The third-order valence-electron chi connectivity index (χ3n) is 3.00. The summed E-state index contributed by atoms with van der Waals surface area (Å²) in [6, 6.07) is 17.4. The van der Waals surface area contributed by atoms with E-state index in [2.05, 4.69) is 0 Å². The highest BCUT2D eigenvalue weighted by molar-refractivity contribution is 5.72. The van der Waals surface area contributed by atoms with Crippen molar-refractivity contribution in [3.05, 3.63) is 65.7 Å². The molecular formula is C17H18O3. The first-order chi connectivity index (χ1) is 9.78. The summed E-state index contributed by atoms with van der Waals surface area (Å²) < 4.78 is 10.3. The fourth-order valence-corrected chi connectivity index (χ4v) is 1.89. The van der Waals surface area contributed by atoms with Crippen LogP contribution >= 0.6 is 0 Å². The summed E-state index contributed by atoms with van der Waals surface area (Å²) in [4.78, 5) is 11.7. The Kier molecular flexibility index (Phi) is 5.18. The van der Waals surface area contributed by atoms with Crippen LogP contribution in [0.25, 0.3) is 0 Å². The summed E-state index contributed by atoms with van der Waals surface area (Å²) in [5.41, 5.74) is 2.10. The smallest absolute Gasteiger partial charge is 0.310 e. The maximum absolute atomic E-state index is 11.7. The number of carbonyl (C=O) groups excluding carboxylic acids is 1. The molecule has 0 unspecified atom stereocenters. The van der Waals surface area contributed by atoms with Crippen LogP contribution in [0.15, 0.2) is 54.6 Å². The molecule has 0 atom stereocenters. The average Bonchev–Trinajstić information content (AvgIpc) is 2.49. The molecule has 0 aliphatic rings. The van der Waals surface area contributed by atoms with E-state index in [1.54, 1.807) is 7.11 Å². The van der Waals surface area contributed by atoms with Gasteiger partial charge in [0.2, 0.25) is 0 Å². The van der Waals surface area contributed by atoms with Crippen LogP contribution < -0.4 is 4.74 Å². The number of esters is 1. The summed E-state index contributed by atoms with van der Waals surface area (Å²) in [5, 5.41) is 0. The lowest BCUT2D eigenvalue weighted by atomic mass is 10.1. The van der Waals surface area contributed by atoms with Gasteiger partial charge in [-0.05, 0) is 23.3 Å². The summed E-state index contributed by atoms with van der Waals surface area (Å²) in [6.45, 7) is 0.416. The number of rotatable bonds is 6. The molecule has 104 valence electrons. The maximum Gasteiger partial charge on any atom is 0.310 e. The first-order valence-electron chi connectivity index (χ1n) is 6.60. The molecule has 0 amide bonds. The Morgan fingerprint density at radius 3 is 2.30 bits per heavy atom. The predicted molar refractivity (Wildman–Crippen MR) is 77.8 cm³/mol. The number of methoxy groups -OCH3 is 1. The zero-order valence-electron chi connectivity index (χ0n) is 11.5. The van der Waals surface area contributed by atoms with Crippen LogP contribution in [0.5, 0.6) is 5.75 Å². The van der Waals surface area contributed by atoms with Crippen molar-refractivity contribution in [3.8, 4) is 5.75 Å². The van der Waals surface area contributed by atoms with Crippen LogP contribution in [-0.4, -0.2) is 19.7 Å². The van der Waals surface area contributed by atoms with E-state index in [1.807, 2.05) is 54.6 Å². The van der Waals surface area contributed by atoms with Gasteiger partial charge in [-0.1, -0.05) is 42.5 Å². The van der Waals surface area contributed by atoms with Gasteiger partial charge in [0.1, 0.15) is 5.75 Å². The van der Waals surface area contributed by atoms with E-state index in [0.717, 1.165) is 17.7 Å². The molecule has 20 heavy (non-hydrogen) atoms. The molecule has 0 heterocycles. The third-order valence-corrected chi connectivity index (χ3v) is 3.00. The summed E-state index contributed by atoms with van der Waals surface area (Å²) in [6.07, 6.45) is 1.04. The molecule has 0 saturated carbocycles. The Labute approximate surface area is 119 Å². The van der Waals surface area contributed by atoms with E-state index in [9.17, 15) is 4.79 Å². The van der Waals surface area contributed by atoms with Gasteiger partial charge >= 0.3 is 5.97 Å². The minimum absolute atomic E-state index is 0.203. The van der Waals surface area contributed by atoms with E-state index >= 15 is 0 Å². The molecular weight excluding hydrogens is 252 g/mol. The minimum Gasteiger partial charge on any atom is -0.497 e.